The molecule has 0 amide bonds. The summed E-state index contributed by atoms with van der Waals surface area (Å²) in [7, 11) is 4.79. The van der Waals surface area contributed by atoms with Crippen LogP contribution in [0.5, 0.6) is 0 Å². The number of aryl methyl sites for hydroxylation is 1. The number of benzene rings is 18. The highest BCUT2D eigenvalue weighted by Crippen LogP contribution is 2.87. The molecule has 2 heterocycles. The lowest BCUT2D eigenvalue weighted by Gasteiger charge is -2.52. The van der Waals surface area contributed by atoms with E-state index in [9.17, 15) is 0 Å². The first kappa shape index (κ1) is 26.5. The van der Waals surface area contributed by atoms with E-state index in [0.717, 1.165) is 6.54 Å². The van der Waals surface area contributed by atoms with Crippen molar-refractivity contribution in [3.05, 3.63) is 52.3 Å². The second-order valence-corrected chi connectivity index (χ2v) is 26.6. The van der Waals surface area contributed by atoms with Crippen LogP contribution in [0.15, 0.2) is 24.5 Å². The van der Waals surface area contributed by atoms with Gasteiger partial charge in [-0.2, -0.15) is 0 Å². The summed E-state index contributed by atoms with van der Waals surface area (Å²) in [5, 5.41) is 90.5. The molecule has 0 saturated carbocycles. The van der Waals surface area contributed by atoms with Crippen LogP contribution >= 0.6 is 0 Å². The van der Waals surface area contributed by atoms with E-state index in [1.54, 1.807) is 313 Å². The molecule has 1 aromatic heterocycles. The molecule has 0 bridgehead atoms. The van der Waals surface area contributed by atoms with Gasteiger partial charge in [0.2, 0.25) is 0 Å². The minimum Gasteiger partial charge on any atom is -0.297 e. The Hall–Kier alpha value is -8.43. The molecule has 2 nitrogen and oxygen atoms in total. The number of hydrogen-bond donors (Lipinski definition) is 0. The third kappa shape index (κ3) is 1.41. The number of rotatable bonds is 1. The zero-order valence-electron chi connectivity index (χ0n) is 37.0. The Morgan fingerprint density at radius 1 is 0.296 bits per heavy atom. The Labute approximate surface area is 388 Å². The highest BCUT2D eigenvalue weighted by Gasteiger charge is 2.75. The van der Waals surface area contributed by atoms with Crippen LogP contribution in [0.1, 0.15) is 33.9 Å². The lowest BCUT2D eigenvalue weighted by atomic mass is 9.47. The fourth-order valence-corrected chi connectivity index (χ4v) is 26.2. The van der Waals surface area contributed by atoms with Crippen LogP contribution in [0.2, 0.25) is 0 Å². The van der Waals surface area contributed by atoms with Crippen LogP contribution in [0, 0.1) is 0 Å². The van der Waals surface area contributed by atoms with E-state index >= 15 is 0 Å². The van der Waals surface area contributed by atoms with Gasteiger partial charge in [-0.15, -0.1) is 0 Å². The van der Waals surface area contributed by atoms with Crippen LogP contribution < -0.4 is 4.57 Å². The smallest absolute Gasteiger partial charge is 0.168 e. The van der Waals surface area contributed by atoms with Crippen LogP contribution in [-0.2, 0) is 17.9 Å². The molecule has 5 aliphatic rings. The molecule has 1 fully saturated rings. The van der Waals surface area contributed by atoms with Crippen molar-refractivity contribution in [2.45, 2.75) is 16.9 Å². The van der Waals surface area contributed by atoms with Gasteiger partial charge in [-0.25, -0.2) is 4.57 Å². The van der Waals surface area contributed by atoms with E-state index in [1.165, 1.54) is 5.56 Å². The number of nitrogens with zero attached hydrogens (tertiary/aromatic N) is 2. The lowest BCUT2D eigenvalue weighted by molar-refractivity contribution is -0.671. The van der Waals surface area contributed by atoms with Crippen LogP contribution in [-0.4, -0.2) is 18.5 Å². The Bertz CT molecular complexity index is 7230. The maximum Gasteiger partial charge on any atom is 0.168 e. The molecule has 4 aliphatic carbocycles. The first-order valence-electron chi connectivity index (χ1n) is 26.7. The highest BCUT2D eigenvalue weighted by atomic mass is 15.2. The van der Waals surface area contributed by atoms with E-state index in [2.05, 4.69) is 48.1 Å². The molecule has 34 rings (SSSR count). The second kappa shape index (κ2) is 5.97. The topological polar surface area (TPSA) is 7.12 Å². The van der Waals surface area contributed by atoms with E-state index in [4.69, 9.17) is 0 Å². The summed E-state index contributed by atoms with van der Waals surface area (Å²) in [5.41, 5.74) is 8.07. The number of aromatic nitrogens is 1. The Morgan fingerprint density at radius 3 is 0.690 bits per heavy atom. The fraction of sp³-hybridized carbons (Fsp3) is 0.0870. The first-order valence-corrected chi connectivity index (χ1v) is 26.7. The third-order valence-corrected chi connectivity index (χ3v) is 26.2. The Balaban J connectivity index is 1.17. The van der Waals surface area contributed by atoms with E-state index in [1.807, 2.05) is 0 Å². The molecular formula is C69H13N2+. The zero-order valence-corrected chi connectivity index (χ0v) is 37.0. The summed E-state index contributed by atoms with van der Waals surface area (Å²) < 4.78 is 2.28. The summed E-state index contributed by atoms with van der Waals surface area (Å²) >= 11 is 0. The molecule has 71 heavy (non-hydrogen) atoms. The molecule has 0 radical (unpaired) electrons. The van der Waals surface area contributed by atoms with Crippen molar-refractivity contribution in [3.8, 4) is 0 Å². The Kier molecular flexibility index (Phi) is 2.23. The van der Waals surface area contributed by atoms with E-state index in [0.29, 0.717) is 0 Å². The van der Waals surface area contributed by atoms with Crippen molar-refractivity contribution in [2.24, 2.45) is 7.05 Å². The quantitative estimate of drug-likeness (QED) is 0.118. The molecule has 1 unspecified atom stereocenters. The zero-order chi connectivity index (χ0) is 42.3. The minimum atomic E-state index is -0.299. The van der Waals surface area contributed by atoms with Gasteiger partial charge in [0.05, 0.1) is 16.9 Å². The maximum absolute atomic E-state index is 2.94. The molecule has 2 spiro atoms. The van der Waals surface area contributed by atoms with E-state index < -0.39 is 0 Å². The maximum atomic E-state index is 2.94. The predicted molar refractivity (Wildman–Crippen MR) is 297 cm³/mol. The molecule has 28 aromatic carbocycles. The van der Waals surface area contributed by atoms with Gasteiger partial charge < -0.3 is 0 Å². The fourth-order valence-electron chi connectivity index (χ4n) is 26.2. The molecule has 1 saturated heterocycles. The van der Waals surface area contributed by atoms with Crippen LogP contribution in [0.3, 0.4) is 0 Å². The van der Waals surface area contributed by atoms with Gasteiger partial charge in [0.25, 0.3) is 0 Å². The largest absolute Gasteiger partial charge is 0.297 e. The Morgan fingerprint density at radius 2 is 0.479 bits per heavy atom. The van der Waals surface area contributed by atoms with Crippen molar-refractivity contribution in [1.29, 1.82) is 0 Å². The van der Waals surface area contributed by atoms with Gasteiger partial charge >= 0.3 is 0 Å². The second-order valence-electron chi connectivity index (χ2n) is 26.6. The van der Waals surface area contributed by atoms with Crippen molar-refractivity contribution in [2.75, 3.05) is 13.6 Å². The molecule has 1 aliphatic heterocycles. The number of likely N-dealkylation sites (N-methyl/N-ethyl adjacent to an activating group) is 1. The van der Waals surface area contributed by atoms with Crippen molar-refractivity contribution in [1.82, 2.24) is 4.90 Å². The monoisotopic (exact) mass is 869 g/mol. The van der Waals surface area contributed by atoms with Crippen LogP contribution in [0.4, 0.5) is 0 Å². The summed E-state index contributed by atoms with van der Waals surface area (Å²) in [6, 6.07) is 5.28. The van der Waals surface area contributed by atoms with E-state index in [-0.39, 0.29) is 16.9 Å². The average Bonchev–Trinajstić information content (AvgIpc) is 4.33. The van der Waals surface area contributed by atoms with Crippen LogP contribution in [0.25, 0.3) is 291 Å². The van der Waals surface area contributed by atoms with Gasteiger partial charge in [0.15, 0.2) is 12.4 Å². The SMILES string of the molecule is CN1CC23c4c5c6c7c8c9c(c%10c%11c2c2c4c4c%12c5c5c6c6c8c8c%13c9c9c%10c%10c%11c%11c2c2c4c4c%12c%12c5c5c6c8c6c8c%13c9c9c%10c%10c%11c2c2c4c4c%12c5c6c5c8c9c%10c2c45)C73C1c1cc[n+](C)cc1. The third-order valence-electron chi connectivity index (χ3n) is 26.2. The molecule has 2 heteroatoms. The predicted octanol–water partition coefficient (Wildman–Crippen LogP) is 16.8. The lowest BCUT2D eigenvalue weighted by Crippen LogP contribution is -2.52. The minimum absolute atomic E-state index is 0.180. The molecule has 0 N–H and O–H groups in total. The standard InChI is InChI=1S/C69H13N2/c1-70-5-3-8(4-6-70)67-69-65-59-53-43-31-23-15-11-9-10-13-17(15)25(31)35-29-21(13)22-14(10)18-16-12(9)20-19(11)27-33(23)41-47-37(27)38-28(20)34-24(16)32-26(18)36-30(22)40-39(29)51(45(35)53)61(65)62-52(40)46(36)54-44(32)50-42(34)48(38)56-55(47)63(57(59)49(41)43)68(69,7-71(67)2)64(56)58(50)60(54)66(62)69/h3-6,67H,7H2,1-2H3/q+1. The van der Waals surface area contributed by atoms with Gasteiger partial charge in [-0.1, -0.05) is 0 Å². The van der Waals surface area contributed by atoms with Crippen molar-refractivity contribution >= 4 is 291 Å². The summed E-state index contributed by atoms with van der Waals surface area (Å²) in [6.45, 7) is 1.05. The van der Waals surface area contributed by atoms with Crippen molar-refractivity contribution in [3.63, 3.8) is 0 Å². The summed E-state index contributed by atoms with van der Waals surface area (Å²) in [6.07, 6.45) is 4.75. The summed E-state index contributed by atoms with van der Waals surface area (Å²) in [5.74, 6) is 0. The highest BCUT2D eigenvalue weighted by molar-refractivity contribution is 6.82. The van der Waals surface area contributed by atoms with Gasteiger partial charge in [-0.3, -0.25) is 4.90 Å². The molecule has 29 aromatic rings. The van der Waals surface area contributed by atoms with Gasteiger partial charge in [0, 0.05) is 18.7 Å². The summed E-state index contributed by atoms with van der Waals surface area (Å²) in [4.78, 5) is 2.94. The average molecular weight is 870 g/mol. The van der Waals surface area contributed by atoms with Gasteiger partial charge in [0.1, 0.15) is 7.05 Å². The number of hydrogen-bond acceptors (Lipinski definition) is 1. The number of pyridine rings is 1. The van der Waals surface area contributed by atoms with Crippen molar-refractivity contribution < 1.29 is 4.57 Å². The molecule has 298 valence electrons. The normalized spacial score (nSPS) is 23.8. The molecular weight excluding hydrogens is 857 g/mol. The molecule has 1 atom stereocenters. The van der Waals surface area contributed by atoms with Gasteiger partial charge in [-0.05, 0) is 326 Å². The number of likely N-dealkylation sites (tertiary alicyclic amines) is 1. The first-order chi connectivity index (χ1) is 35.2.